The van der Waals surface area contributed by atoms with Crippen molar-refractivity contribution in [1.29, 1.82) is 0 Å². The quantitative estimate of drug-likeness (QED) is 0.888. The van der Waals surface area contributed by atoms with E-state index >= 15 is 0 Å². The molecule has 1 saturated carbocycles. The van der Waals surface area contributed by atoms with Gasteiger partial charge < -0.3 is 11.1 Å². The molecule has 1 aromatic rings. The van der Waals surface area contributed by atoms with Crippen LogP contribution in [0.2, 0.25) is 0 Å². The second kappa shape index (κ2) is 6.38. The second-order valence-electron chi connectivity index (χ2n) is 6.33. The summed E-state index contributed by atoms with van der Waals surface area (Å²) in [5.74, 6) is 0. The Balaban J connectivity index is 1.97. The molecule has 2 nitrogen and oxygen atoms in total. The van der Waals surface area contributed by atoms with Gasteiger partial charge in [0.25, 0.3) is 0 Å². The van der Waals surface area contributed by atoms with Gasteiger partial charge >= 0.3 is 0 Å². The Hall–Kier alpha value is -0.380. The Morgan fingerprint density at radius 1 is 1.32 bits per heavy atom. The molecule has 3 heteroatoms. The van der Waals surface area contributed by atoms with E-state index in [9.17, 15) is 0 Å². The molecule has 0 spiro atoms. The van der Waals surface area contributed by atoms with Crippen LogP contribution in [0.25, 0.3) is 0 Å². The van der Waals surface area contributed by atoms with Crippen LogP contribution in [-0.2, 0) is 5.41 Å². The molecule has 2 unspecified atom stereocenters. The Bertz CT molecular complexity index is 417. The molecule has 2 atom stereocenters. The summed E-state index contributed by atoms with van der Waals surface area (Å²) in [5.41, 5.74) is 7.69. The van der Waals surface area contributed by atoms with Crippen LogP contribution in [0.5, 0.6) is 0 Å². The standard InChI is InChI=1S/C16H25BrN2/c1-16(2,12-6-5-7-13(17)10-12)11-19-15-9-4-3-8-14(15)18/h5-7,10,14-15,19H,3-4,8-9,11,18H2,1-2H3. The minimum absolute atomic E-state index is 0.126. The Labute approximate surface area is 125 Å². The van der Waals surface area contributed by atoms with Gasteiger partial charge in [-0.15, -0.1) is 0 Å². The zero-order valence-electron chi connectivity index (χ0n) is 12.0. The van der Waals surface area contributed by atoms with Gasteiger partial charge in [-0.25, -0.2) is 0 Å². The second-order valence-corrected chi connectivity index (χ2v) is 7.25. The van der Waals surface area contributed by atoms with Crippen molar-refractivity contribution in [2.24, 2.45) is 5.73 Å². The number of rotatable bonds is 4. The summed E-state index contributed by atoms with van der Waals surface area (Å²) in [6.45, 7) is 5.55. The SMILES string of the molecule is CC(C)(CNC1CCCCC1N)c1cccc(Br)c1. The van der Waals surface area contributed by atoms with Crippen molar-refractivity contribution < 1.29 is 0 Å². The van der Waals surface area contributed by atoms with Crippen molar-refractivity contribution in [3.05, 3.63) is 34.3 Å². The van der Waals surface area contributed by atoms with Gasteiger partial charge in [0.1, 0.15) is 0 Å². The summed E-state index contributed by atoms with van der Waals surface area (Å²) in [5, 5.41) is 3.69. The van der Waals surface area contributed by atoms with Gasteiger partial charge in [0, 0.05) is 28.5 Å². The maximum atomic E-state index is 6.20. The fraction of sp³-hybridized carbons (Fsp3) is 0.625. The average molecular weight is 325 g/mol. The fourth-order valence-electron chi connectivity index (χ4n) is 2.81. The zero-order chi connectivity index (χ0) is 13.9. The van der Waals surface area contributed by atoms with Crippen LogP contribution in [0.3, 0.4) is 0 Å². The summed E-state index contributed by atoms with van der Waals surface area (Å²) in [7, 11) is 0. The van der Waals surface area contributed by atoms with Crippen molar-refractivity contribution in [1.82, 2.24) is 5.32 Å². The van der Waals surface area contributed by atoms with Crippen LogP contribution in [0.15, 0.2) is 28.7 Å². The van der Waals surface area contributed by atoms with Crippen molar-refractivity contribution >= 4 is 15.9 Å². The molecule has 0 amide bonds. The number of hydrogen-bond donors (Lipinski definition) is 2. The Kier molecular flexibility index (Phi) is 5.04. The first-order valence-corrected chi connectivity index (χ1v) is 8.03. The minimum Gasteiger partial charge on any atom is -0.326 e. The number of nitrogens with one attached hydrogen (secondary N) is 1. The predicted octanol–water partition coefficient (Wildman–Crippen LogP) is 3.59. The van der Waals surface area contributed by atoms with E-state index in [0.29, 0.717) is 12.1 Å². The minimum atomic E-state index is 0.126. The zero-order valence-corrected chi connectivity index (χ0v) is 13.5. The average Bonchev–Trinajstić information content (AvgIpc) is 2.38. The first-order valence-electron chi connectivity index (χ1n) is 7.24. The Morgan fingerprint density at radius 2 is 2.05 bits per heavy atom. The van der Waals surface area contributed by atoms with E-state index in [-0.39, 0.29) is 5.41 Å². The largest absolute Gasteiger partial charge is 0.326 e. The van der Waals surface area contributed by atoms with E-state index in [2.05, 4.69) is 59.4 Å². The summed E-state index contributed by atoms with van der Waals surface area (Å²) < 4.78 is 1.15. The summed E-state index contributed by atoms with van der Waals surface area (Å²) in [4.78, 5) is 0. The van der Waals surface area contributed by atoms with E-state index in [0.717, 1.165) is 17.4 Å². The van der Waals surface area contributed by atoms with Gasteiger partial charge in [-0.3, -0.25) is 0 Å². The molecule has 0 heterocycles. The summed E-state index contributed by atoms with van der Waals surface area (Å²) >= 11 is 3.55. The first-order chi connectivity index (χ1) is 8.99. The van der Waals surface area contributed by atoms with Gasteiger partial charge in [0.2, 0.25) is 0 Å². The van der Waals surface area contributed by atoms with E-state index in [1.807, 2.05) is 0 Å². The molecule has 106 valence electrons. The van der Waals surface area contributed by atoms with Crippen molar-refractivity contribution in [2.45, 2.75) is 57.0 Å². The van der Waals surface area contributed by atoms with Crippen molar-refractivity contribution in [2.75, 3.05) is 6.54 Å². The lowest BCUT2D eigenvalue weighted by atomic mass is 9.83. The van der Waals surface area contributed by atoms with Crippen LogP contribution in [0.1, 0.15) is 45.1 Å². The van der Waals surface area contributed by atoms with Crippen LogP contribution >= 0.6 is 15.9 Å². The molecule has 0 aromatic heterocycles. The van der Waals surface area contributed by atoms with E-state index < -0.39 is 0 Å². The molecule has 0 aliphatic heterocycles. The van der Waals surface area contributed by atoms with Crippen molar-refractivity contribution in [3.8, 4) is 0 Å². The van der Waals surface area contributed by atoms with Gasteiger partial charge in [0.05, 0.1) is 0 Å². The highest BCUT2D eigenvalue weighted by molar-refractivity contribution is 9.10. The monoisotopic (exact) mass is 324 g/mol. The maximum Gasteiger partial charge on any atom is 0.0219 e. The molecule has 1 aliphatic carbocycles. The highest BCUT2D eigenvalue weighted by atomic mass is 79.9. The third kappa shape index (κ3) is 4.04. The highest BCUT2D eigenvalue weighted by Gasteiger charge is 2.26. The first kappa shape index (κ1) is 15.0. The normalized spacial score (nSPS) is 24.4. The van der Waals surface area contributed by atoms with Gasteiger partial charge in [-0.1, -0.05) is 54.8 Å². The number of hydrogen-bond acceptors (Lipinski definition) is 2. The van der Waals surface area contributed by atoms with E-state index in [1.54, 1.807) is 0 Å². The number of nitrogens with two attached hydrogens (primary N) is 1. The smallest absolute Gasteiger partial charge is 0.0219 e. The summed E-state index contributed by atoms with van der Waals surface area (Å²) in [6, 6.07) is 9.40. The lowest BCUT2D eigenvalue weighted by Crippen LogP contribution is -2.50. The molecule has 0 bridgehead atoms. The van der Waals surface area contributed by atoms with Crippen LogP contribution < -0.4 is 11.1 Å². The molecule has 0 saturated heterocycles. The molecule has 1 fully saturated rings. The molecule has 2 rings (SSSR count). The number of halogens is 1. The third-order valence-corrected chi connectivity index (χ3v) is 4.72. The van der Waals surface area contributed by atoms with Crippen LogP contribution in [-0.4, -0.2) is 18.6 Å². The van der Waals surface area contributed by atoms with Gasteiger partial charge in [-0.2, -0.15) is 0 Å². The molecule has 0 radical (unpaired) electrons. The van der Waals surface area contributed by atoms with Crippen LogP contribution in [0, 0.1) is 0 Å². The van der Waals surface area contributed by atoms with Crippen molar-refractivity contribution in [3.63, 3.8) is 0 Å². The van der Waals surface area contributed by atoms with Gasteiger partial charge in [0.15, 0.2) is 0 Å². The molecular formula is C16H25BrN2. The molecule has 1 aliphatic rings. The lowest BCUT2D eigenvalue weighted by molar-refractivity contribution is 0.306. The maximum absolute atomic E-state index is 6.20. The topological polar surface area (TPSA) is 38.0 Å². The van der Waals surface area contributed by atoms with Gasteiger partial charge in [-0.05, 0) is 30.5 Å². The lowest BCUT2D eigenvalue weighted by Gasteiger charge is -2.34. The Morgan fingerprint density at radius 3 is 2.74 bits per heavy atom. The molecule has 1 aromatic carbocycles. The predicted molar refractivity (Wildman–Crippen MR) is 85.4 cm³/mol. The summed E-state index contributed by atoms with van der Waals surface area (Å²) in [6.07, 6.45) is 4.97. The van der Waals surface area contributed by atoms with Crippen LogP contribution in [0.4, 0.5) is 0 Å². The highest BCUT2D eigenvalue weighted by Crippen LogP contribution is 2.26. The molecule has 3 N–H and O–H groups in total. The number of benzene rings is 1. The fourth-order valence-corrected chi connectivity index (χ4v) is 3.21. The third-order valence-electron chi connectivity index (χ3n) is 4.23. The molecule has 19 heavy (non-hydrogen) atoms. The van der Waals surface area contributed by atoms with E-state index in [1.165, 1.54) is 24.8 Å². The molecular weight excluding hydrogens is 300 g/mol. The van der Waals surface area contributed by atoms with E-state index in [4.69, 9.17) is 5.73 Å².